The van der Waals surface area contributed by atoms with Crippen molar-refractivity contribution in [3.8, 4) is 11.5 Å². The highest BCUT2D eigenvalue weighted by Crippen LogP contribution is 2.32. The number of pyridine rings is 1. The van der Waals surface area contributed by atoms with Gasteiger partial charge >= 0.3 is 0 Å². The van der Waals surface area contributed by atoms with E-state index in [0.717, 1.165) is 35.7 Å². The topological polar surface area (TPSA) is 43.4 Å². The van der Waals surface area contributed by atoms with Crippen LogP contribution in [0.25, 0.3) is 0 Å². The number of nitrogens with one attached hydrogen (secondary N) is 1. The second-order valence-electron chi connectivity index (χ2n) is 4.75. The Morgan fingerprint density at radius 1 is 1.14 bits per heavy atom. The van der Waals surface area contributed by atoms with Gasteiger partial charge in [-0.2, -0.15) is 0 Å². The highest BCUT2D eigenvalue weighted by Gasteiger charge is 2.19. The lowest BCUT2D eigenvalue weighted by Gasteiger charge is -2.21. The molecule has 0 radical (unpaired) electrons. The number of ether oxygens (including phenoxy) is 2. The first-order valence-corrected chi connectivity index (χ1v) is 7.16. The zero-order valence-electron chi connectivity index (χ0n) is 12.8. The fraction of sp³-hybridized carbons (Fsp3) is 0.353. The van der Waals surface area contributed by atoms with Gasteiger partial charge in [0.2, 0.25) is 0 Å². The highest BCUT2D eigenvalue weighted by molar-refractivity contribution is 5.45. The van der Waals surface area contributed by atoms with Crippen molar-refractivity contribution < 1.29 is 9.47 Å². The van der Waals surface area contributed by atoms with E-state index in [1.807, 2.05) is 42.6 Å². The van der Waals surface area contributed by atoms with Crippen molar-refractivity contribution >= 4 is 0 Å². The molecule has 1 unspecified atom stereocenters. The summed E-state index contributed by atoms with van der Waals surface area (Å²) in [6.07, 6.45) is 2.86. The zero-order valence-corrected chi connectivity index (χ0v) is 12.8. The van der Waals surface area contributed by atoms with Crippen LogP contribution in [-0.4, -0.2) is 25.7 Å². The normalized spacial score (nSPS) is 12.0. The van der Waals surface area contributed by atoms with E-state index in [1.54, 1.807) is 14.2 Å². The molecule has 112 valence electrons. The second kappa shape index (κ2) is 7.64. The summed E-state index contributed by atoms with van der Waals surface area (Å²) < 4.78 is 10.8. The Bertz CT molecular complexity index is 558. The number of nitrogens with zero attached hydrogens (tertiary/aromatic N) is 1. The molecule has 0 amide bonds. The van der Waals surface area contributed by atoms with Crippen LogP contribution >= 0.6 is 0 Å². The van der Waals surface area contributed by atoms with Gasteiger partial charge in [-0.15, -0.1) is 0 Å². The molecule has 2 aromatic rings. The van der Waals surface area contributed by atoms with Gasteiger partial charge in [0.1, 0.15) is 11.5 Å². The molecule has 0 aliphatic rings. The van der Waals surface area contributed by atoms with E-state index in [0.29, 0.717) is 0 Å². The number of hydrogen-bond donors (Lipinski definition) is 1. The van der Waals surface area contributed by atoms with Gasteiger partial charge in [-0.25, -0.2) is 0 Å². The average Bonchev–Trinajstić information content (AvgIpc) is 2.56. The molecule has 1 heterocycles. The Hall–Kier alpha value is -2.07. The molecule has 1 aromatic heterocycles. The Kier molecular flexibility index (Phi) is 5.58. The molecule has 4 heteroatoms. The van der Waals surface area contributed by atoms with Crippen molar-refractivity contribution in [3.05, 3.63) is 53.9 Å². The third kappa shape index (κ3) is 3.73. The van der Waals surface area contributed by atoms with Crippen molar-refractivity contribution in [2.75, 3.05) is 20.8 Å². The van der Waals surface area contributed by atoms with Crippen LogP contribution in [0.1, 0.15) is 30.6 Å². The Balaban J connectivity index is 2.44. The van der Waals surface area contributed by atoms with Crippen LogP contribution in [0.3, 0.4) is 0 Å². The van der Waals surface area contributed by atoms with Gasteiger partial charge < -0.3 is 14.8 Å². The van der Waals surface area contributed by atoms with Crippen molar-refractivity contribution in [3.63, 3.8) is 0 Å². The zero-order chi connectivity index (χ0) is 15.1. The first-order chi connectivity index (χ1) is 10.3. The summed E-state index contributed by atoms with van der Waals surface area (Å²) in [5.41, 5.74) is 2.00. The molecule has 0 saturated heterocycles. The van der Waals surface area contributed by atoms with Crippen LogP contribution in [0.5, 0.6) is 11.5 Å². The Morgan fingerprint density at radius 3 is 2.62 bits per heavy atom. The minimum absolute atomic E-state index is 0.0174. The SMILES string of the molecule is CCCNC(c1ccccn1)c1cc(OC)ccc1OC. The smallest absolute Gasteiger partial charge is 0.124 e. The third-order valence-corrected chi connectivity index (χ3v) is 3.33. The van der Waals surface area contributed by atoms with Crippen LogP contribution in [0, 0.1) is 0 Å². The average molecular weight is 286 g/mol. The van der Waals surface area contributed by atoms with Gasteiger partial charge in [-0.3, -0.25) is 4.98 Å². The van der Waals surface area contributed by atoms with E-state index in [1.165, 1.54) is 0 Å². The summed E-state index contributed by atoms with van der Waals surface area (Å²) in [7, 11) is 3.35. The van der Waals surface area contributed by atoms with Crippen LogP contribution in [0.2, 0.25) is 0 Å². The lowest BCUT2D eigenvalue weighted by Crippen LogP contribution is -2.24. The van der Waals surface area contributed by atoms with Gasteiger partial charge in [0.15, 0.2) is 0 Å². The van der Waals surface area contributed by atoms with Gasteiger partial charge in [-0.1, -0.05) is 13.0 Å². The third-order valence-electron chi connectivity index (χ3n) is 3.33. The van der Waals surface area contributed by atoms with E-state index < -0.39 is 0 Å². The van der Waals surface area contributed by atoms with E-state index in [9.17, 15) is 0 Å². The number of hydrogen-bond acceptors (Lipinski definition) is 4. The number of methoxy groups -OCH3 is 2. The van der Waals surface area contributed by atoms with Crippen LogP contribution in [-0.2, 0) is 0 Å². The van der Waals surface area contributed by atoms with Crippen molar-refractivity contribution in [2.24, 2.45) is 0 Å². The molecule has 4 nitrogen and oxygen atoms in total. The minimum atomic E-state index is -0.0174. The summed E-state index contributed by atoms with van der Waals surface area (Å²) >= 11 is 0. The molecular weight excluding hydrogens is 264 g/mol. The number of rotatable bonds is 7. The monoisotopic (exact) mass is 286 g/mol. The maximum absolute atomic E-state index is 5.50. The highest BCUT2D eigenvalue weighted by atomic mass is 16.5. The molecular formula is C17H22N2O2. The number of aromatic nitrogens is 1. The standard InChI is InChI=1S/C17H22N2O2/c1-4-10-19-17(15-7-5-6-11-18-15)14-12-13(20-2)8-9-16(14)21-3/h5-9,11-12,17,19H,4,10H2,1-3H3. The molecule has 2 rings (SSSR count). The molecule has 0 spiro atoms. The molecule has 0 bridgehead atoms. The molecule has 1 aromatic carbocycles. The Labute approximate surface area is 126 Å². The predicted octanol–water partition coefficient (Wildman–Crippen LogP) is 3.19. The fourth-order valence-electron chi connectivity index (χ4n) is 2.27. The van der Waals surface area contributed by atoms with E-state index in [-0.39, 0.29) is 6.04 Å². The molecule has 0 aliphatic heterocycles. The summed E-state index contributed by atoms with van der Waals surface area (Å²) in [5, 5.41) is 3.53. The quantitative estimate of drug-likeness (QED) is 0.849. The molecule has 0 aliphatic carbocycles. The van der Waals surface area contributed by atoms with Crippen LogP contribution in [0.15, 0.2) is 42.6 Å². The second-order valence-corrected chi connectivity index (χ2v) is 4.75. The fourth-order valence-corrected chi connectivity index (χ4v) is 2.27. The molecule has 1 atom stereocenters. The van der Waals surface area contributed by atoms with Crippen LogP contribution < -0.4 is 14.8 Å². The maximum Gasteiger partial charge on any atom is 0.124 e. The molecule has 1 N–H and O–H groups in total. The maximum atomic E-state index is 5.50. The summed E-state index contributed by atoms with van der Waals surface area (Å²) in [6, 6.07) is 11.7. The largest absolute Gasteiger partial charge is 0.497 e. The summed E-state index contributed by atoms with van der Waals surface area (Å²) in [5.74, 6) is 1.64. The van der Waals surface area contributed by atoms with E-state index in [2.05, 4.69) is 17.2 Å². The number of benzene rings is 1. The first kappa shape index (κ1) is 15.3. The van der Waals surface area contributed by atoms with Crippen molar-refractivity contribution in [1.29, 1.82) is 0 Å². The lowest BCUT2D eigenvalue weighted by atomic mass is 10.0. The van der Waals surface area contributed by atoms with Crippen molar-refractivity contribution in [2.45, 2.75) is 19.4 Å². The Morgan fingerprint density at radius 2 is 2.00 bits per heavy atom. The summed E-state index contributed by atoms with van der Waals surface area (Å²) in [6.45, 7) is 3.05. The van der Waals surface area contributed by atoms with Gasteiger partial charge in [0.25, 0.3) is 0 Å². The molecule has 0 fully saturated rings. The van der Waals surface area contributed by atoms with E-state index >= 15 is 0 Å². The minimum Gasteiger partial charge on any atom is -0.497 e. The van der Waals surface area contributed by atoms with Gasteiger partial charge in [0.05, 0.1) is 26.0 Å². The predicted molar refractivity (Wildman–Crippen MR) is 83.9 cm³/mol. The van der Waals surface area contributed by atoms with Gasteiger partial charge in [0, 0.05) is 11.8 Å². The van der Waals surface area contributed by atoms with Gasteiger partial charge in [-0.05, 0) is 43.3 Å². The molecule has 0 saturated carbocycles. The lowest BCUT2D eigenvalue weighted by molar-refractivity contribution is 0.393. The van der Waals surface area contributed by atoms with Crippen LogP contribution in [0.4, 0.5) is 0 Å². The van der Waals surface area contributed by atoms with E-state index in [4.69, 9.17) is 9.47 Å². The summed E-state index contributed by atoms with van der Waals surface area (Å²) in [4.78, 5) is 4.48. The first-order valence-electron chi connectivity index (χ1n) is 7.16. The molecule has 21 heavy (non-hydrogen) atoms. The van der Waals surface area contributed by atoms with Crippen molar-refractivity contribution in [1.82, 2.24) is 10.3 Å².